The van der Waals surface area contributed by atoms with Crippen molar-refractivity contribution in [2.24, 2.45) is 0 Å². The molecular weight excluding hydrogens is 268 g/mol. The summed E-state index contributed by atoms with van der Waals surface area (Å²) in [5.74, 6) is 0.537. The first kappa shape index (κ1) is 14.5. The van der Waals surface area contributed by atoms with Gasteiger partial charge in [0.2, 0.25) is 0 Å². The molecule has 0 bridgehead atoms. The van der Waals surface area contributed by atoms with Crippen LogP contribution >= 0.6 is 0 Å². The third-order valence-corrected chi connectivity index (χ3v) is 2.93. The average Bonchev–Trinajstić information content (AvgIpc) is 2.52. The van der Waals surface area contributed by atoms with E-state index < -0.39 is 4.92 Å². The van der Waals surface area contributed by atoms with E-state index in [9.17, 15) is 10.1 Å². The zero-order valence-electron chi connectivity index (χ0n) is 11.5. The molecule has 1 aromatic carbocycles. The number of hydrogen-bond donors (Lipinski definition) is 1. The number of nitriles is 1. The van der Waals surface area contributed by atoms with Gasteiger partial charge in [-0.05, 0) is 30.7 Å². The molecule has 0 amide bonds. The van der Waals surface area contributed by atoms with E-state index in [0.717, 1.165) is 18.5 Å². The van der Waals surface area contributed by atoms with Crippen LogP contribution in [0, 0.1) is 21.4 Å². The zero-order chi connectivity index (χ0) is 15.2. The summed E-state index contributed by atoms with van der Waals surface area (Å²) in [6.45, 7) is 2.75. The number of nitrogens with one attached hydrogen (secondary N) is 1. The van der Waals surface area contributed by atoms with Crippen molar-refractivity contribution in [3.8, 4) is 17.3 Å². The molecule has 0 spiro atoms. The topological polar surface area (TPSA) is 91.8 Å². The summed E-state index contributed by atoms with van der Waals surface area (Å²) < 4.78 is 0. The Hall–Kier alpha value is -2.94. The van der Waals surface area contributed by atoms with Gasteiger partial charge in [-0.2, -0.15) is 5.26 Å². The van der Waals surface area contributed by atoms with Crippen molar-refractivity contribution < 1.29 is 4.92 Å². The average molecular weight is 282 g/mol. The molecule has 2 rings (SSSR count). The van der Waals surface area contributed by atoms with Crippen molar-refractivity contribution in [3.63, 3.8) is 0 Å². The number of nitrogens with zero attached hydrogens (tertiary/aromatic N) is 3. The number of pyridine rings is 1. The number of nitro benzene ring substituents is 1. The third kappa shape index (κ3) is 3.34. The number of rotatable bonds is 5. The molecule has 2 aromatic rings. The van der Waals surface area contributed by atoms with Gasteiger partial charge < -0.3 is 5.32 Å². The van der Waals surface area contributed by atoms with Gasteiger partial charge in [0.1, 0.15) is 11.9 Å². The Bertz CT molecular complexity index is 690. The molecule has 106 valence electrons. The summed E-state index contributed by atoms with van der Waals surface area (Å²) in [5.41, 5.74) is 1.96. The van der Waals surface area contributed by atoms with Crippen LogP contribution in [0.3, 0.4) is 0 Å². The second kappa shape index (κ2) is 6.48. The van der Waals surface area contributed by atoms with Crippen LogP contribution in [-0.2, 0) is 0 Å². The fourth-order valence-electron chi connectivity index (χ4n) is 1.84. The van der Waals surface area contributed by atoms with Gasteiger partial charge in [0.15, 0.2) is 0 Å². The molecule has 0 saturated carbocycles. The van der Waals surface area contributed by atoms with Crippen LogP contribution in [0.25, 0.3) is 11.3 Å². The lowest BCUT2D eigenvalue weighted by Gasteiger charge is -2.08. The Balaban J connectivity index is 2.35. The summed E-state index contributed by atoms with van der Waals surface area (Å²) in [6, 6.07) is 11.7. The third-order valence-electron chi connectivity index (χ3n) is 2.93. The molecule has 0 atom stereocenters. The summed E-state index contributed by atoms with van der Waals surface area (Å²) >= 11 is 0. The Morgan fingerprint density at radius 2 is 2.00 bits per heavy atom. The van der Waals surface area contributed by atoms with E-state index in [1.165, 1.54) is 12.1 Å². The Kier molecular flexibility index (Phi) is 4.46. The first-order valence-corrected chi connectivity index (χ1v) is 6.55. The maximum Gasteiger partial charge on any atom is 0.269 e. The number of hydrogen-bond acceptors (Lipinski definition) is 5. The van der Waals surface area contributed by atoms with Crippen molar-refractivity contribution >= 4 is 11.5 Å². The minimum absolute atomic E-state index is 0.0386. The summed E-state index contributed by atoms with van der Waals surface area (Å²) in [4.78, 5) is 14.6. The maximum absolute atomic E-state index is 10.6. The lowest BCUT2D eigenvalue weighted by atomic mass is 10.1. The standard InChI is InChI=1S/C15H14N4O2/c1-2-9-17-15-12(10-16)5-8-14(18-15)11-3-6-13(7-4-11)19(20)21/h3-8H,2,9H2,1H3,(H,17,18). The van der Waals surface area contributed by atoms with Crippen LogP contribution in [0.2, 0.25) is 0 Å². The van der Waals surface area contributed by atoms with E-state index in [2.05, 4.69) is 16.4 Å². The van der Waals surface area contributed by atoms with E-state index in [1.54, 1.807) is 24.3 Å². The van der Waals surface area contributed by atoms with Crippen LogP contribution in [0.1, 0.15) is 18.9 Å². The zero-order valence-corrected chi connectivity index (χ0v) is 11.5. The largest absolute Gasteiger partial charge is 0.369 e. The lowest BCUT2D eigenvalue weighted by Crippen LogP contribution is -2.04. The highest BCUT2D eigenvalue weighted by molar-refractivity contribution is 5.65. The molecule has 0 radical (unpaired) electrons. The molecule has 0 aliphatic heterocycles. The molecule has 21 heavy (non-hydrogen) atoms. The highest BCUT2D eigenvalue weighted by Gasteiger charge is 2.09. The van der Waals surface area contributed by atoms with Gasteiger partial charge in [-0.3, -0.25) is 10.1 Å². The Morgan fingerprint density at radius 1 is 1.29 bits per heavy atom. The van der Waals surface area contributed by atoms with Crippen LogP contribution in [0.5, 0.6) is 0 Å². The Morgan fingerprint density at radius 3 is 2.57 bits per heavy atom. The number of anilines is 1. The molecule has 0 unspecified atom stereocenters. The van der Waals surface area contributed by atoms with E-state index in [4.69, 9.17) is 5.26 Å². The van der Waals surface area contributed by atoms with Gasteiger partial charge >= 0.3 is 0 Å². The fourth-order valence-corrected chi connectivity index (χ4v) is 1.84. The molecule has 0 aliphatic rings. The van der Waals surface area contributed by atoms with Gasteiger partial charge in [-0.15, -0.1) is 0 Å². The number of aromatic nitrogens is 1. The molecule has 0 saturated heterocycles. The highest BCUT2D eigenvalue weighted by Crippen LogP contribution is 2.23. The molecule has 1 heterocycles. The fraction of sp³-hybridized carbons (Fsp3) is 0.200. The summed E-state index contributed by atoms with van der Waals surface area (Å²) in [6.07, 6.45) is 0.925. The van der Waals surface area contributed by atoms with Gasteiger partial charge in [-0.1, -0.05) is 6.92 Å². The first-order valence-electron chi connectivity index (χ1n) is 6.55. The SMILES string of the molecule is CCCNc1nc(-c2ccc([N+](=O)[O-])cc2)ccc1C#N. The van der Waals surface area contributed by atoms with Crippen molar-refractivity contribution in [1.82, 2.24) is 4.98 Å². The van der Waals surface area contributed by atoms with E-state index in [1.807, 2.05) is 6.92 Å². The molecule has 6 heteroatoms. The van der Waals surface area contributed by atoms with Gasteiger partial charge in [-0.25, -0.2) is 4.98 Å². The van der Waals surface area contributed by atoms with E-state index in [0.29, 0.717) is 17.1 Å². The quantitative estimate of drug-likeness (QED) is 0.670. The lowest BCUT2D eigenvalue weighted by molar-refractivity contribution is -0.384. The molecular formula is C15H14N4O2. The van der Waals surface area contributed by atoms with Crippen molar-refractivity contribution in [1.29, 1.82) is 5.26 Å². The summed E-state index contributed by atoms with van der Waals surface area (Å²) in [7, 11) is 0. The number of benzene rings is 1. The van der Waals surface area contributed by atoms with Crippen LogP contribution < -0.4 is 5.32 Å². The smallest absolute Gasteiger partial charge is 0.269 e. The van der Waals surface area contributed by atoms with Crippen LogP contribution in [-0.4, -0.2) is 16.5 Å². The van der Waals surface area contributed by atoms with Gasteiger partial charge in [0, 0.05) is 24.2 Å². The molecule has 0 aliphatic carbocycles. The number of non-ortho nitro benzene ring substituents is 1. The Labute approximate surface area is 122 Å². The number of nitro groups is 1. The first-order chi connectivity index (χ1) is 10.2. The maximum atomic E-state index is 10.6. The van der Waals surface area contributed by atoms with E-state index >= 15 is 0 Å². The van der Waals surface area contributed by atoms with Gasteiger partial charge in [0.05, 0.1) is 16.2 Å². The van der Waals surface area contributed by atoms with Crippen LogP contribution in [0.15, 0.2) is 36.4 Å². The molecule has 0 fully saturated rings. The minimum atomic E-state index is -0.440. The molecule has 1 aromatic heterocycles. The highest BCUT2D eigenvalue weighted by atomic mass is 16.6. The molecule has 6 nitrogen and oxygen atoms in total. The van der Waals surface area contributed by atoms with Crippen molar-refractivity contribution in [3.05, 3.63) is 52.1 Å². The second-order valence-electron chi connectivity index (χ2n) is 4.44. The van der Waals surface area contributed by atoms with E-state index in [-0.39, 0.29) is 5.69 Å². The summed E-state index contributed by atoms with van der Waals surface area (Å²) in [5, 5.41) is 22.8. The predicted octanol–water partition coefficient (Wildman–Crippen LogP) is 3.35. The van der Waals surface area contributed by atoms with Crippen molar-refractivity contribution in [2.45, 2.75) is 13.3 Å². The van der Waals surface area contributed by atoms with Crippen molar-refractivity contribution in [2.75, 3.05) is 11.9 Å². The minimum Gasteiger partial charge on any atom is -0.369 e. The second-order valence-corrected chi connectivity index (χ2v) is 4.44. The van der Waals surface area contributed by atoms with Gasteiger partial charge in [0.25, 0.3) is 5.69 Å². The van der Waals surface area contributed by atoms with Crippen LogP contribution in [0.4, 0.5) is 11.5 Å². The monoisotopic (exact) mass is 282 g/mol. The predicted molar refractivity (Wildman–Crippen MR) is 79.8 cm³/mol. The molecule has 1 N–H and O–H groups in total. The normalized spacial score (nSPS) is 9.90.